The van der Waals surface area contributed by atoms with Crippen molar-refractivity contribution in [1.82, 2.24) is 15.0 Å². The van der Waals surface area contributed by atoms with E-state index in [4.69, 9.17) is 10.5 Å². The number of carbonyl (C=O) groups excluding carboxylic acids is 1. The van der Waals surface area contributed by atoms with Gasteiger partial charge >= 0.3 is 5.97 Å². The first-order chi connectivity index (χ1) is 14.0. The van der Waals surface area contributed by atoms with Crippen molar-refractivity contribution >= 4 is 23.6 Å². The number of phenolic OH excluding ortho intramolecular Hbond substituents is 1. The third-order valence-corrected chi connectivity index (χ3v) is 4.30. The third kappa shape index (κ3) is 5.65. The molecule has 150 valence electrons. The lowest BCUT2D eigenvalue weighted by Gasteiger charge is -2.11. The van der Waals surface area contributed by atoms with E-state index in [-0.39, 0.29) is 30.5 Å². The standard InChI is InChI=1S/C21H23N5O3/c1-2-14-7-3-5-9-16(14)23-21-25-18(24-20(22)26-21)13-29-19(28)12-11-15-8-4-6-10-17(15)27/h3-10,27H,2,11-13H2,1H3,(H3,22,23,24,25,26). The van der Waals surface area contributed by atoms with Gasteiger partial charge in [-0.1, -0.05) is 43.3 Å². The number of hydrogen-bond donors (Lipinski definition) is 3. The first kappa shape index (κ1) is 20.1. The van der Waals surface area contributed by atoms with Crippen LogP contribution >= 0.6 is 0 Å². The molecule has 0 radical (unpaired) electrons. The highest BCUT2D eigenvalue weighted by Crippen LogP contribution is 2.20. The van der Waals surface area contributed by atoms with E-state index >= 15 is 0 Å². The number of nitrogen functional groups attached to an aromatic ring is 1. The summed E-state index contributed by atoms with van der Waals surface area (Å²) in [5.74, 6) is 0.326. The highest BCUT2D eigenvalue weighted by molar-refractivity contribution is 5.69. The van der Waals surface area contributed by atoms with Crippen LogP contribution in [0.5, 0.6) is 5.75 Å². The number of esters is 1. The lowest BCUT2D eigenvalue weighted by atomic mass is 10.1. The van der Waals surface area contributed by atoms with Crippen LogP contribution < -0.4 is 11.1 Å². The summed E-state index contributed by atoms with van der Waals surface area (Å²) in [4.78, 5) is 24.4. The number of phenols is 1. The molecule has 8 nitrogen and oxygen atoms in total. The van der Waals surface area contributed by atoms with Gasteiger partial charge in [-0.05, 0) is 36.1 Å². The number of anilines is 3. The molecule has 0 aliphatic heterocycles. The van der Waals surface area contributed by atoms with Crippen LogP contribution in [0.1, 0.15) is 30.3 Å². The van der Waals surface area contributed by atoms with Crippen molar-refractivity contribution in [1.29, 1.82) is 0 Å². The van der Waals surface area contributed by atoms with Crippen LogP contribution in [-0.4, -0.2) is 26.0 Å². The summed E-state index contributed by atoms with van der Waals surface area (Å²) in [6.45, 7) is 1.94. The maximum atomic E-state index is 12.0. The Morgan fingerprint density at radius 1 is 1.07 bits per heavy atom. The normalized spacial score (nSPS) is 10.5. The molecule has 0 saturated carbocycles. The summed E-state index contributed by atoms with van der Waals surface area (Å²) in [7, 11) is 0. The molecular formula is C21H23N5O3. The Bertz CT molecular complexity index is 994. The van der Waals surface area contributed by atoms with E-state index < -0.39 is 5.97 Å². The van der Waals surface area contributed by atoms with Gasteiger partial charge in [-0.2, -0.15) is 15.0 Å². The predicted molar refractivity (Wildman–Crippen MR) is 110 cm³/mol. The summed E-state index contributed by atoms with van der Waals surface area (Å²) in [5.41, 5.74) is 8.46. The molecule has 0 unspecified atom stereocenters. The number of nitrogens with one attached hydrogen (secondary N) is 1. The van der Waals surface area contributed by atoms with E-state index in [0.717, 1.165) is 17.7 Å². The summed E-state index contributed by atoms with van der Waals surface area (Å²) in [6.07, 6.45) is 1.36. The second-order valence-electron chi connectivity index (χ2n) is 6.36. The van der Waals surface area contributed by atoms with E-state index in [1.807, 2.05) is 24.3 Å². The Balaban J connectivity index is 1.59. The maximum Gasteiger partial charge on any atom is 0.306 e. The monoisotopic (exact) mass is 393 g/mol. The van der Waals surface area contributed by atoms with Crippen LogP contribution in [0.4, 0.5) is 17.6 Å². The van der Waals surface area contributed by atoms with Crippen molar-refractivity contribution in [2.75, 3.05) is 11.1 Å². The van der Waals surface area contributed by atoms with Crippen molar-refractivity contribution in [2.45, 2.75) is 32.8 Å². The van der Waals surface area contributed by atoms with Gasteiger partial charge in [0.1, 0.15) is 5.75 Å². The van der Waals surface area contributed by atoms with Gasteiger partial charge in [0.2, 0.25) is 11.9 Å². The van der Waals surface area contributed by atoms with Gasteiger partial charge in [-0.15, -0.1) is 0 Å². The third-order valence-electron chi connectivity index (χ3n) is 4.30. The average Bonchev–Trinajstić information content (AvgIpc) is 2.71. The van der Waals surface area contributed by atoms with Crippen molar-refractivity contribution in [3.8, 4) is 5.75 Å². The van der Waals surface area contributed by atoms with Gasteiger partial charge in [-0.3, -0.25) is 4.79 Å². The zero-order valence-electron chi connectivity index (χ0n) is 16.1. The van der Waals surface area contributed by atoms with Crippen LogP contribution in [0.25, 0.3) is 0 Å². The quantitative estimate of drug-likeness (QED) is 0.499. The van der Waals surface area contributed by atoms with Crippen LogP contribution in [0.3, 0.4) is 0 Å². The summed E-state index contributed by atoms with van der Waals surface area (Å²) in [6, 6.07) is 14.7. The molecule has 2 aromatic carbocycles. The summed E-state index contributed by atoms with van der Waals surface area (Å²) in [5, 5.41) is 12.9. The smallest absolute Gasteiger partial charge is 0.306 e. The second-order valence-corrected chi connectivity index (χ2v) is 6.36. The molecule has 0 aliphatic carbocycles. The van der Waals surface area contributed by atoms with E-state index in [1.54, 1.807) is 24.3 Å². The van der Waals surface area contributed by atoms with Crippen molar-refractivity contribution < 1.29 is 14.6 Å². The first-order valence-electron chi connectivity index (χ1n) is 9.33. The molecule has 0 fully saturated rings. The number of hydrogen-bond acceptors (Lipinski definition) is 8. The number of aromatic nitrogens is 3. The molecule has 0 bridgehead atoms. The van der Waals surface area contributed by atoms with E-state index in [9.17, 15) is 9.90 Å². The molecule has 3 aromatic rings. The number of aryl methyl sites for hydroxylation is 2. The van der Waals surface area contributed by atoms with Crippen LogP contribution in [0.15, 0.2) is 48.5 Å². The van der Waals surface area contributed by atoms with Gasteiger partial charge in [0.15, 0.2) is 12.4 Å². The van der Waals surface area contributed by atoms with Crippen molar-refractivity contribution in [3.63, 3.8) is 0 Å². The molecule has 0 saturated heterocycles. The topological polar surface area (TPSA) is 123 Å². The zero-order chi connectivity index (χ0) is 20.6. The molecule has 0 amide bonds. The van der Waals surface area contributed by atoms with E-state index in [2.05, 4.69) is 27.2 Å². The second kappa shape index (κ2) is 9.50. The number of aromatic hydroxyl groups is 1. The minimum atomic E-state index is -0.418. The Kier molecular flexibility index (Phi) is 6.57. The fourth-order valence-electron chi connectivity index (χ4n) is 2.81. The molecule has 0 atom stereocenters. The molecule has 8 heteroatoms. The van der Waals surface area contributed by atoms with Crippen LogP contribution in [-0.2, 0) is 29.0 Å². The number of rotatable bonds is 8. The molecule has 29 heavy (non-hydrogen) atoms. The van der Waals surface area contributed by atoms with Crippen molar-refractivity contribution in [2.24, 2.45) is 0 Å². The number of benzene rings is 2. The highest BCUT2D eigenvalue weighted by Gasteiger charge is 2.11. The first-order valence-corrected chi connectivity index (χ1v) is 9.33. The summed E-state index contributed by atoms with van der Waals surface area (Å²) < 4.78 is 5.24. The molecule has 0 aliphatic rings. The molecule has 3 rings (SSSR count). The Hall–Kier alpha value is -3.68. The van der Waals surface area contributed by atoms with E-state index in [0.29, 0.717) is 17.9 Å². The zero-order valence-corrected chi connectivity index (χ0v) is 16.1. The fraction of sp³-hybridized carbons (Fsp3) is 0.238. The largest absolute Gasteiger partial charge is 0.508 e. The number of carbonyl (C=O) groups is 1. The van der Waals surface area contributed by atoms with E-state index in [1.165, 1.54) is 0 Å². The molecule has 0 spiro atoms. The van der Waals surface area contributed by atoms with Crippen LogP contribution in [0, 0.1) is 0 Å². The Morgan fingerprint density at radius 2 is 1.79 bits per heavy atom. The van der Waals surface area contributed by atoms with Gasteiger partial charge in [0.25, 0.3) is 0 Å². The van der Waals surface area contributed by atoms with Gasteiger partial charge in [-0.25, -0.2) is 0 Å². The molecular weight excluding hydrogens is 370 g/mol. The number of ether oxygens (including phenoxy) is 1. The SMILES string of the molecule is CCc1ccccc1Nc1nc(N)nc(COC(=O)CCc2ccccc2O)n1. The highest BCUT2D eigenvalue weighted by atomic mass is 16.5. The number of para-hydroxylation sites is 2. The van der Waals surface area contributed by atoms with Gasteiger partial charge in [0.05, 0.1) is 0 Å². The fourth-order valence-corrected chi connectivity index (χ4v) is 2.81. The predicted octanol–water partition coefficient (Wildman–Crippen LogP) is 3.14. The molecule has 1 aromatic heterocycles. The van der Waals surface area contributed by atoms with Gasteiger partial charge < -0.3 is 20.9 Å². The minimum absolute atomic E-state index is 0.0386. The Morgan fingerprint density at radius 3 is 2.55 bits per heavy atom. The summed E-state index contributed by atoms with van der Waals surface area (Å²) >= 11 is 0. The van der Waals surface area contributed by atoms with Gasteiger partial charge in [0, 0.05) is 12.1 Å². The lowest BCUT2D eigenvalue weighted by Crippen LogP contribution is -2.11. The van der Waals surface area contributed by atoms with Crippen molar-refractivity contribution in [3.05, 3.63) is 65.5 Å². The number of nitrogens with zero attached hydrogens (tertiary/aromatic N) is 3. The lowest BCUT2D eigenvalue weighted by molar-refractivity contribution is -0.145. The molecule has 4 N–H and O–H groups in total. The minimum Gasteiger partial charge on any atom is -0.508 e. The molecule has 1 heterocycles. The Labute approximate surface area is 168 Å². The van der Waals surface area contributed by atoms with Crippen LogP contribution in [0.2, 0.25) is 0 Å². The average molecular weight is 393 g/mol. The maximum absolute atomic E-state index is 12.0. The number of nitrogens with two attached hydrogens (primary N) is 1.